The molecule has 2 fully saturated rings. The summed E-state index contributed by atoms with van der Waals surface area (Å²) < 4.78 is 63.5. The largest absolute Gasteiger partial charge is 0.490 e. The second kappa shape index (κ2) is 14.6. The van der Waals surface area contributed by atoms with E-state index in [2.05, 4.69) is 46.4 Å². The van der Waals surface area contributed by atoms with Crippen LogP contribution in [0.4, 0.5) is 26.3 Å². The van der Waals surface area contributed by atoms with Crippen LogP contribution in [0.25, 0.3) is 0 Å². The van der Waals surface area contributed by atoms with Crippen LogP contribution in [0.5, 0.6) is 0 Å². The minimum absolute atomic E-state index is 0.0781. The van der Waals surface area contributed by atoms with E-state index in [1.807, 2.05) is 0 Å². The lowest BCUT2D eigenvalue weighted by Crippen LogP contribution is -2.49. The number of nitrogens with zero attached hydrogens (tertiary/aromatic N) is 2. The van der Waals surface area contributed by atoms with Gasteiger partial charge in [0.15, 0.2) is 0 Å². The molecule has 3 aliphatic rings. The third kappa shape index (κ3) is 9.26. The summed E-state index contributed by atoms with van der Waals surface area (Å²) in [6, 6.07) is 8.86. The van der Waals surface area contributed by atoms with Gasteiger partial charge in [0.25, 0.3) is 0 Å². The third-order valence-electron chi connectivity index (χ3n) is 7.81. The minimum atomic E-state index is -5.08. The van der Waals surface area contributed by atoms with Crippen molar-refractivity contribution in [1.29, 1.82) is 0 Å². The molecule has 1 aromatic rings. The van der Waals surface area contributed by atoms with Gasteiger partial charge in [-0.3, -0.25) is 4.90 Å². The first-order valence-electron chi connectivity index (χ1n) is 13.2. The molecule has 4 rings (SSSR count). The van der Waals surface area contributed by atoms with E-state index >= 15 is 0 Å². The number of hydrogen-bond acceptors (Lipinski definition) is 7. The molecule has 234 valence electrons. The zero-order chi connectivity index (χ0) is 31.0. The Morgan fingerprint density at radius 3 is 1.95 bits per heavy atom. The Labute approximate surface area is 233 Å². The number of fused-ring (bicyclic) bond motifs is 2. The van der Waals surface area contributed by atoms with E-state index in [1.165, 1.54) is 24.0 Å². The van der Waals surface area contributed by atoms with E-state index in [4.69, 9.17) is 24.9 Å². The molecule has 1 aliphatic carbocycles. The molecular weight excluding hydrogens is 564 g/mol. The maximum Gasteiger partial charge on any atom is 0.490 e. The molecule has 0 aromatic heterocycles. The second-order valence-corrected chi connectivity index (χ2v) is 10.4. The van der Waals surface area contributed by atoms with Gasteiger partial charge in [0.05, 0.1) is 18.8 Å². The SMILES string of the molecule is CN(CC1CCN(CCO)CC1)[C@@H]1c2ccccc2C2(CCNCC2)[C@H]1O.O=C(O)C(F)(F)F.O=C(O)C(F)(F)F. The smallest absolute Gasteiger partial charge is 0.475 e. The molecule has 9 nitrogen and oxygen atoms in total. The van der Waals surface area contributed by atoms with Crippen LogP contribution in [0.1, 0.15) is 42.9 Å². The number of aliphatic carboxylic acids is 2. The molecule has 1 aromatic carbocycles. The summed E-state index contributed by atoms with van der Waals surface area (Å²) in [7, 11) is 2.20. The number of piperidine rings is 2. The van der Waals surface area contributed by atoms with Crippen molar-refractivity contribution in [3.05, 3.63) is 35.4 Å². The van der Waals surface area contributed by atoms with Crippen LogP contribution in [0.2, 0.25) is 0 Å². The van der Waals surface area contributed by atoms with Crippen LogP contribution < -0.4 is 5.32 Å². The average Bonchev–Trinajstić information content (AvgIpc) is 3.13. The number of aliphatic hydroxyl groups excluding tert-OH is 2. The van der Waals surface area contributed by atoms with E-state index in [0.29, 0.717) is 5.92 Å². The van der Waals surface area contributed by atoms with Gasteiger partial charge in [0, 0.05) is 18.5 Å². The number of rotatable bonds is 5. The normalized spacial score (nSPS) is 22.8. The third-order valence-corrected chi connectivity index (χ3v) is 7.81. The van der Waals surface area contributed by atoms with Crippen molar-refractivity contribution in [3.8, 4) is 0 Å². The van der Waals surface area contributed by atoms with Gasteiger partial charge in [-0.25, -0.2) is 9.59 Å². The molecule has 0 radical (unpaired) electrons. The van der Waals surface area contributed by atoms with E-state index in [-0.39, 0.29) is 24.2 Å². The molecule has 0 bridgehead atoms. The summed E-state index contributed by atoms with van der Waals surface area (Å²) in [5.74, 6) is -4.84. The van der Waals surface area contributed by atoms with Gasteiger partial charge in [-0.05, 0) is 76.0 Å². The summed E-state index contributed by atoms with van der Waals surface area (Å²) >= 11 is 0. The molecule has 2 atom stereocenters. The molecular formula is C26H37F6N3O6. The van der Waals surface area contributed by atoms with Gasteiger partial charge in [0.1, 0.15) is 0 Å². The molecule has 2 saturated heterocycles. The molecule has 1 spiro atoms. The zero-order valence-corrected chi connectivity index (χ0v) is 22.6. The van der Waals surface area contributed by atoms with E-state index in [1.54, 1.807) is 0 Å². The lowest BCUT2D eigenvalue weighted by atomic mass is 9.72. The Kier molecular flexibility index (Phi) is 12.4. The van der Waals surface area contributed by atoms with Crippen molar-refractivity contribution >= 4 is 11.9 Å². The fourth-order valence-electron chi connectivity index (χ4n) is 5.81. The Morgan fingerprint density at radius 2 is 1.49 bits per heavy atom. The molecule has 5 N–H and O–H groups in total. The van der Waals surface area contributed by atoms with Crippen molar-refractivity contribution in [2.24, 2.45) is 5.92 Å². The number of alkyl halides is 6. The Hall–Kier alpha value is -2.46. The highest BCUT2D eigenvalue weighted by Gasteiger charge is 2.52. The highest BCUT2D eigenvalue weighted by molar-refractivity contribution is 5.73. The van der Waals surface area contributed by atoms with Gasteiger partial charge >= 0.3 is 24.3 Å². The number of carboxylic acid groups (broad SMARTS) is 2. The van der Waals surface area contributed by atoms with Crippen LogP contribution in [0.15, 0.2) is 24.3 Å². The number of β-amino-alcohol motifs (C(OH)–C–C–N with tert-alkyl or cyclic N) is 1. The number of halogens is 6. The van der Waals surface area contributed by atoms with E-state index in [9.17, 15) is 31.4 Å². The van der Waals surface area contributed by atoms with E-state index < -0.39 is 24.3 Å². The van der Waals surface area contributed by atoms with Crippen LogP contribution >= 0.6 is 0 Å². The molecule has 0 unspecified atom stereocenters. The summed E-state index contributed by atoms with van der Waals surface area (Å²) in [5, 5.41) is 38.3. The van der Waals surface area contributed by atoms with Gasteiger partial charge in [-0.1, -0.05) is 24.3 Å². The Morgan fingerprint density at radius 1 is 1.00 bits per heavy atom. The number of benzene rings is 1. The first-order valence-corrected chi connectivity index (χ1v) is 13.2. The number of carbonyl (C=O) groups is 2. The number of aliphatic hydroxyl groups is 2. The fraction of sp³-hybridized carbons (Fsp3) is 0.692. The van der Waals surface area contributed by atoms with Crippen LogP contribution in [-0.2, 0) is 15.0 Å². The first-order chi connectivity index (χ1) is 19.0. The number of carboxylic acids is 2. The number of nitrogens with one attached hydrogen (secondary N) is 1. The zero-order valence-electron chi connectivity index (χ0n) is 22.6. The lowest BCUT2D eigenvalue weighted by molar-refractivity contribution is -0.193. The minimum Gasteiger partial charge on any atom is -0.475 e. The Bertz CT molecular complexity index is 971. The number of likely N-dealkylation sites (tertiary alicyclic amines) is 1. The highest BCUT2D eigenvalue weighted by Crippen LogP contribution is 2.52. The van der Waals surface area contributed by atoms with Crippen molar-refractivity contribution in [1.82, 2.24) is 15.1 Å². The summed E-state index contributed by atoms with van der Waals surface area (Å²) in [6.07, 6.45) is -6.07. The maximum absolute atomic E-state index is 11.5. The van der Waals surface area contributed by atoms with Crippen LogP contribution in [0.3, 0.4) is 0 Å². The standard InChI is InChI=1S/C22H35N3O2.2C2HF3O2/c1-24(16-17-6-12-25(13-7-17)14-15-26)20-18-4-2-3-5-19(18)22(21(20)27)8-10-23-11-9-22;2*3-2(4,5)1(6)7/h2-5,17,20-21,23,26-27H,6-16H2,1H3;2*(H,6,7)/t20-,21+;;/m1../s1. The highest BCUT2D eigenvalue weighted by atomic mass is 19.4. The quantitative estimate of drug-likeness (QED) is 0.323. The Balaban J connectivity index is 0.000000349. The summed E-state index contributed by atoms with van der Waals surface area (Å²) in [4.78, 5) is 22.6. The van der Waals surface area contributed by atoms with Crippen LogP contribution in [0, 0.1) is 5.92 Å². The fourth-order valence-corrected chi connectivity index (χ4v) is 5.81. The lowest BCUT2D eigenvalue weighted by Gasteiger charge is -2.41. The van der Waals surface area contributed by atoms with Crippen molar-refractivity contribution in [3.63, 3.8) is 0 Å². The summed E-state index contributed by atoms with van der Waals surface area (Å²) in [5.41, 5.74) is 2.64. The average molecular weight is 602 g/mol. The molecule has 15 heteroatoms. The molecule has 2 aliphatic heterocycles. The molecule has 0 amide bonds. The van der Waals surface area contributed by atoms with Gasteiger partial charge in [-0.15, -0.1) is 0 Å². The van der Waals surface area contributed by atoms with Gasteiger partial charge in [-0.2, -0.15) is 26.3 Å². The van der Waals surface area contributed by atoms with Gasteiger partial charge < -0.3 is 30.6 Å². The molecule has 0 saturated carbocycles. The van der Waals surface area contributed by atoms with Crippen molar-refractivity contribution in [2.45, 2.75) is 55.6 Å². The van der Waals surface area contributed by atoms with Gasteiger partial charge in [0.2, 0.25) is 0 Å². The monoisotopic (exact) mass is 601 g/mol. The first kappa shape index (κ1) is 34.7. The predicted octanol–water partition coefficient (Wildman–Crippen LogP) is 2.63. The molecule has 41 heavy (non-hydrogen) atoms. The van der Waals surface area contributed by atoms with Crippen LogP contribution in [-0.4, -0.2) is 114 Å². The predicted molar refractivity (Wildman–Crippen MR) is 135 cm³/mol. The molecule has 2 heterocycles. The van der Waals surface area contributed by atoms with Crippen molar-refractivity contribution < 1.29 is 56.4 Å². The van der Waals surface area contributed by atoms with Crippen molar-refractivity contribution in [2.75, 3.05) is 52.9 Å². The van der Waals surface area contributed by atoms with E-state index in [0.717, 1.165) is 52.1 Å². The topological polar surface area (TPSA) is 134 Å². The number of hydrogen-bond donors (Lipinski definition) is 5. The second-order valence-electron chi connectivity index (χ2n) is 10.4. The maximum atomic E-state index is 11.5. The number of likely N-dealkylation sites (N-methyl/N-ethyl adjacent to an activating group) is 1. The summed E-state index contributed by atoms with van der Waals surface area (Å²) in [6.45, 7) is 6.24.